The van der Waals surface area contributed by atoms with Gasteiger partial charge in [-0.25, -0.2) is 8.42 Å². The van der Waals surface area contributed by atoms with Crippen molar-refractivity contribution in [1.29, 1.82) is 0 Å². The van der Waals surface area contributed by atoms with Crippen LogP contribution in [0.1, 0.15) is 96.8 Å². The van der Waals surface area contributed by atoms with Gasteiger partial charge in [0, 0.05) is 0 Å². The Kier molecular flexibility index (Phi) is 14.6. The van der Waals surface area contributed by atoms with Crippen LogP contribution in [-0.2, 0) is 14.6 Å². The Morgan fingerprint density at radius 2 is 1.04 bits per heavy atom. The molecule has 0 aliphatic rings. The van der Waals surface area contributed by atoms with Crippen LogP contribution in [0.5, 0.6) is 0 Å². The number of carbonyl (C=O) groups is 1. The summed E-state index contributed by atoms with van der Waals surface area (Å²) in [7, 11) is -3.40. The van der Waals surface area contributed by atoms with Gasteiger partial charge in [-0.3, -0.25) is 4.79 Å². The van der Waals surface area contributed by atoms with Crippen molar-refractivity contribution >= 4 is 15.8 Å². The zero-order chi connectivity index (χ0) is 17.4. The van der Waals surface area contributed by atoms with Gasteiger partial charge in [0.1, 0.15) is 5.75 Å². The second kappa shape index (κ2) is 15.0. The summed E-state index contributed by atoms with van der Waals surface area (Å²) in [5.74, 6) is -1.97. The maximum atomic E-state index is 11.4. The Morgan fingerprint density at radius 1 is 0.696 bits per heavy atom. The summed E-state index contributed by atoms with van der Waals surface area (Å²) >= 11 is 0. The molecule has 0 aliphatic carbocycles. The number of sulfone groups is 1. The molecular formula is C18H36O4S. The van der Waals surface area contributed by atoms with Gasteiger partial charge in [-0.15, -0.1) is 0 Å². The summed E-state index contributed by atoms with van der Waals surface area (Å²) in [6.45, 7) is 2.25. The van der Waals surface area contributed by atoms with Crippen LogP contribution in [0.15, 0.2) is 0 Å². The van der Waals surface area contributed by atoms with E-state index in [0.29, 0.717) is 6.42 Å². The number of unbranched alkanes of at least 4 members (excludes halogenated alkanes) is 13. The van der Waals surface area contributed by atoms with E-state index in [1.807, 2.05) is 0 Å². The maximum Gasteiger partial charge on any atom is 0.318 e. The molecule has 0 radical (unpaired) electrons. The van der Waals surface area contributed by atoms with Crippen molar-refractivity contribution in [3.05, 3.63) is 0 Å². The Hall–Kier alpha value is -0.580. The predicted molar refractivity (Wildman–Crippen MR) is 96.6 cm³/mol. The standard InChI is InChI=1S/C18H36O4S/c1-2-3-4-5-6-7-8-9-10-11-12-13-14-15-16-23(21,22)17-18(19)20/h2-17H2,1H3,(H,19,20). The first-order valence-electron chi connectivity index (χ1n) is 9.40. The van der Waals surface area contributed by atoms with Gasteiger partial charge in [-0.05, 0) is 6.42 Å². The molecule has 5 heteroatoms. The van der Waals surface area contributed by atoms with E-state index in [1.165, 1.54) is 64.2 Å². The number of rotatable bonds is 17. The van der Waals surface area contributed by atoms with E-state index in [-0.39, 0.29) is 5.75 Å². The van der Waals surface area contributed by atoms with Gasteiger partial charge >= 0.3 is 5.97 Å². The highest BCUT2D eigenvalue weighted by Crippen LogP contribution is 2.13. The fraction of sp³-hybridized carbons (Fsp3) is 0.944. The first-order valence-corrected chi connectivity index (χ1v) is 11.2. The molecule has 23 heavy (non-hydrogen) atoms. The van der Waals surface area contributed by atoms with Gasteiger partial charge in [0.15, 0.2) is 9.84 Å². The maximum absolute atomic E-state index is 11.4. The lowest BCUT2D eigenvalue weighted by Gasteiger charge is -2.03. The third-order valence-corrected chi connectivity index (χ3v) is 5.75. The Labute approximate surface area is 143 Å². The molecule has 0 fully saturated rings. The van der Waals surface area contributed by atoms with Crippen LogP contribution in [0.3, 0.4) is 0 Å². The van der Waals surface area contributed by atoms with Crippen molar-refractivity contribution < 1.29 is 18.3 Å². The van der Waals surface area contributed by atoms with Gasteiger partial charge in [0.2, 0.25) is 0 Å². The van der Waals surface area contributed by atoms with Gasteiger partial charge in [0.25, 0.3) is 0 Å². The van der Waals surface area contributed by atoms with Crippen molar-refractivity contribution in [2.75, 3.05) is 11.5 Å². The van der Waals surface area contributed by atoms with Gasteiger partial charge in [0.05, 0.1) is 5.75 Å². The van der Waals surface area contributed by atoms with E-state index < -0.39 is 21.6 Å². The zero-order valence-electron chi connectivity index (χ0n) is 14.9. The van der Waals surface area contributed by atoms with Crippen LogP contribution in [0, 0.1) is 0 Å². The molecule has 0 atom stereocenters. The minimum atomic E-state index is -3.40. The molecule has 0 aromatic heterocycles. The van der Waals surface area contributed by atoms with Crippen LogP contribution < -0.4 is 0 Å². The zero-order valence-corrected chi connectivity index (χ0v) is 15.7. The van der Waals surface area contributed by atoms with E-state index in [4.69, 9.17) is 5.11 Å². The van der Waals surface area contributed by atoms with Crippen LogP contribution in [-0.4, -0.2) is 31.0 Å². The molecule has 0 saturated heterocycles. The molecule has 0 spiro atoms. The molecule has 0 amide bonds. The first kappa shape index (κ1) is 22.4. The van der Waals surface area contributed by atoms with E-state index in [1.54, 1.807) is 0 Å². The fourth-order valence-corrected chi connectivity index (χ4v) is 3.94. The lowest BCUT2D eigenvalue weighted by molar-refractivity contribution is -0.134. The highest BCUT2D eigenvalue weighted by atomic mass is 32.2. The van der Waals surface area contributed by atoms with Gasteiger partial charge < -0.3 is 5.11 Å². The van der Waals surface area contributed by atoms with Crippen molar-refractivity contribution in [2.45, 2.75) is 96.8 Å². The molecule has 0 heterocycles. The van der Waals surface area contributed by atoms with Crippen LogP contribution in [0.25, 0.3) is 0 Å². The third kappa shape index (κ3) is 17.6. The monoisotopic (exact) mass is 348 g/mol. The summed E-state index contributed by atoms with van der Waals surface area (Å²) in [6, 6.07) is 0. The average Bonchev–Trinajstić information content (AvgIpc) is 2.46. The highest BCUT2D eigenvalue weighted by molar-refractivity contribution is 7.92. The molecule has 0 unspecified atom stereocenters. The lowest BCUT2D eigenvalue weighted by Crippen LogP contribution is -2.18. The lowest BCUT2D eigenvalue weighted by atomic mass is 10.0. The first-order chi connectivity index (χ1) is 11.0. The second-order valence-corrected chi connectivity index (χ2v) is 8.77. The SMILES string of the molecule is CCCCCCCCCCCCCCCCS(=O)(=O)CC(=O)O. The van der Waals surface area contributed by atoms with Crippen LogP contribution >= 0.6 is 0 Å². The predicted octanol–water partition coefficient (Wildman–Crippen LogP) is 4.97. The minimum absolute atomic E-state index is 0.0112. The smallest absolute Gasteiger partial charge is 0.318 e. The Morgan fingerprint density at radius 3 is 1.39 bits per heavy atom. The third-order valence-electron chi connectivity index (χ3n) is 4.15. The number of aliphatic carboxylic acids is 1. The average molecular weight is 349 g/mol. The molecule has 138 valence electrons. The number of hydrogen-bond acceptors (Lipinski definition) is 3. The van der Waals surface area contributed by atoms with Gasteiger partial charge in [-0.1, -0.05) is 90.4 Å². The van der Waals surface area contributed by atoms with E-state index >= 15 is 0 Å². The summed E-state index contributed by atoms with van der Waals surface area (Å²) in [6.07, 6.45) is 17.1. The molecule has 0 aromatic rings. The van der Waals surface area contributed by atoms with Crippen molar-refractivity contribution in [2.24, 2.45) is 0 Å². The summed E-state index contributed by atoms with van der Waals surface area (Å²) in [5, 5.41) is 8.49. The molecule has 4 nitrogen and oxygen atoms in total. The molecule has 0 saturated carbocycles. The summed E-state index contributed by atoms with van der Waals surface area (Å²) < 4.78 is 22.8. The van der Waals surface area contributed by atoms with Crippen LogP contribution in [0.4, 0.5) is 0 Å². The van der Waals surface area contributed by atoms with Gasteiger partial charge in [-0.2, -0.15) is 0 Å². The summed E-state index contributed by atoms with van der Waals surface area (Å²) in [4.78, 5) is 10.4. The van der Waals surface area contributed by atoms with Crippen molar-refractivity contribution in [3.63, 3.8) is 0 Å². The Balaban J connectivity index is 3.23. The number of carboxylic acids is 1. The van der Waals surface area contributed by atoms with E-state index in [9.17, 15) is 13.2 Å². The minimum Gasteiger partial charge on any atom is -0.480 e. The number of hydrogen-bond donors (Lipinski definition) is 1. The van der Waals surface area contributed by atoms with Crippen molar-refractivity contribution in [3.8, 4) is 0 Å². The highest BCUT2D eigenvalue weighted by Gasteiger charge is 2.14. The van der Waals surface area contributed by atoms with Crippen LogP contribution in [0.2, 0.25) is 0 Å². The molecule has 0 aromatic carbocycles. The topological polar surface area (TPSA) is 71.4 Å². The molecule has 0 rings (SSSR count). The normalized spacial score (nSPS) is 11.7. The summed E-state index contributed by atoms with van der Waals surface area (Å²) in [5.41, 5.74) is 0. The molecule has 0 aliphatic heterocycles. The quantitative estimate of drug-likeness (QED) is 0.377. The van der Waals surface area contributed by atoms with E-state index in [0.717, 1.165) is 19.3 Å². The second-order valence-electron chi connectivity index (χ2n) is 6.58. The molecular weight excluding hydrogens is 312 g/mol. The molecule has 0 bridgehead atoms. The fourth-order valence-electron chi connectivity index (χ4n) is 2.78. The van der Waals surface area contributed by atoms with E-state index in [2.05, 4.69) is 6.92 Å². The molecule has 1 N–H and O–H groups in total. The number of carboxylic acid groups (broad SMARTS) is 1. The largest absolute Gasteiger partial charge is 0.480 e. The Bertz CT molecular complexity index is 376. The van der Waals surface area contributed by atoms with Crippen molar-refractivity contribution in [1.82, 2.24) is 0 Å².